The zero-order valence-electron chi connectivity index (χ0n) is 55.0. The Kier molecular flexibility index (Phi) is 69.4. The predicted octanol–water partition coefficient (Wildman–Crippen LogP) is 24.1. The average Bonchev–Trinajstić information content (AvgIpc) is 3.47. The number of aliphatic hydroxyl groups excluding tert-OH is 2. The number of carbonyl (C=O) groups is 2. The lowest BCUT2D eigenvalue weighted by molar-refractivity contribution is -0.143. The molecule has 81 heavy (non-hydrogen) atoms. The largest absolute Gasteiger partial charge is 0.466 e. The van der Waals surface area contributed by atoms with E-state index in [1.165, 1.54) is 353 Å². The lowest BCUT2D eigenvalue weighted by Gasteiger charge is -2.20. The van der Waals surface area contributed by atoms with Gasteiger partial charge in [0, 0.05) is 12.8 Å². The van der Waals surface area contributed by atoms with Crippen molar-refractivity contribution in [2.75, 3.05) is 13.2 Å². The number of carbonyl (C=O) groups excluding carboxylic acids is 2. The van der Waals surface area contributed by atoms with Crippen LogP contribution in [-0.4, -0.2) is 47.4 Å². The Balaban J connectivity index is 3.31. The molecule has 0 saturated carbocycles. The standard InChI is InChI=1S/C75H145NO5/c1-3-5-7-9-11-13-15-17-19-37-41-45-49-53-57-61-65-69-75(80)81-70-66-62-58-54-50-46-42-39-36-34-32-30-28-26-24-22-20-21-23-25-27-29-31-33-35-38-40-44-48-52-56-60-64-68-74(79)76-72(71-77)73(78)67-63-59-55-51-47-43-18-16-14-12-10-8-6-4-2/h17,19,63,67,72-73,77-78H,3-16,18,20-62,64-66,68-71H2,1-2H3,(H,76,79)/b19-17-,67-63+. The summed E-state index contributed by atoms with van der Waals surface area (Å²) in [6, 6.07) is -0.623. The zero-order chi connectivity index (χ0) is 58.5. The summed E-state index contributed by atoms with van der Waals surface area (Å²) in [5, 5.41) is 23.2. The zero-order valence-corrected chi connectivity index (χ0v) is 55.0. The molecule has 0 aliphatic heterocycles. The van der Waals surface area contributed by atoms with E-state index in [0.29, 0.717) is 19.4 Å². The number of hydrogen-bond donors (Lipinski definition) is 3. The number of esters is 1. The smallest absolute Gasteiger partial charge is 0.305 e. The van der Waals surface area contributed by atoms with Crippen LogP contribution in [0.15, 0.2) is 24.3 Å². The maximum absolute atomic E-state index is 12.5. The van der Waals surface area contributed by atoms with Crippen LogP contribution in [-0.2, 0) is 14.3 Å². The fourth-order valence-corrected chi connectivity index (χ4v) is 11.8. The Hall–Kier alpha value is -1.66. The molecule has 2 unspecified atom stereocenters. The number of amides is 1. The highest BCUT2D eigenvalue weighted by atomic mass is 16.5. The van der Waals surface area contributed by atoms with E-state index in [-0.39, 0.29) is 18.5 Å². The lowest BCUT2D eigenvalue weighted by Crippen LogP contribution is -2.45. The third-order valence-corrected chi connectivity index (χ3v) is 17.5. The molecule has 6 heteroatoms. The molecule has 480 valence electrons. The normalized spacial score (nSPS) is 12.6. The van der Waals surface area contributed by atoms with Gasteiger partial charge in [0.25, 0.3) is 0 Å². The summed E-state index contributed by atoms with van der Waals surface area (Å²) in [7, 11) is 0. The van der Waals surface area contributed by atoms with E-state index < -0.39 is 12.1 Å². The van der Waals surface area contributed by atoms with Gasteiger partial charge >= 0.3 is 5.97 Å². The molecule has 1 amide bonds. The van der Waals surface area contributed by atoms with E-state index in [4.69, 9.17) is 4.74 Å². The molecule has 6 nitrogen and oxygen atoms in total. The molecule has 0 saturated heterocycles. The van der Waals surface area contributed by atoms with Gasteiger partial charge in [-0.15, -0.1) is 0 Å². The molecule has 0 aromatic rings. The van der Waals surface area contributed by atoms with Crippen molar-refractivity contribution < 1.29 is 24.5 Å². The summed E-state index contributed by atoms with van der Waals surface area (Å²) in [6.07, 6.45) is 90.0. The van der Waals surface area contributed by atoms with Crippen molar-refractivity contribution >= 4 is 11.9 Å². The quantitative estimate of drug-likeness (QED) is 0.0320. The van der Waals surface area contributed by atoms with Crippen LogP contribution in [0.25, 0.3) is 0 Å². The maximum atomic E-state index is 12.5. The molecule has 0 fully saturated rings. The van der Waals surface area contributed by atoms with Gasteiger partial charge in [0.1, 0.15) is 0 Å². The minimum atomic E-state index is -0.840. The molecule has 0 bridgehead atoms. The van der Waals surface area contributed by atoms with Crippen LogP contribution in [0.5, 0.6) is 0 Å². The van der Waals surface area contributed by atoms with Crippen LogP contribution in [0.3, 0.4) is 0 Å². The molecule has 0 aliphatic rings. The van der Waals surface area contributed by atoms with Gasteiger partial charge in [0.2, 0.25) is 5.91 Å². The maximum Gasteiger partial charge on any atom is 0.305 e. The SMILES string of the molecule is CCCCCCCC/C=C\CCCCCCCCCC(=O)OCCCCCCCCCCCCCCCCCCCCCCCCCCCCCCCCCCCC(=O)NC(CO)C(O)/C=C/CCCCCCCCCCCCCC. The van der Waals surface area contributed by atoms with Crippen LogP contribution >= 0.6 is 0 Å². The number of ether oxygens (including phenoxy) is 1. The van der Waals surface area contributed by atoms with E-state index in [2.05, 4.69) is 31.3 Å². The van der Waals surface area contributed by atoms with Crippen molar-refractivity contribution in [3.05, 3.63) is 24.3 Å². The van der Waals surface area contributed by atoms with E-state index in [0.717, 1.165) is 38.5 Å². The first-order valence-electron chi connectivity index (χ1n) is 37.1. The third-order valence-electron chi connectivity index (χ3n) is 17.5. The second kappa shape index (κ2) is 70.8. The fraction of sp³-hybridized carbons (Fsp3) is 0.920. The lowest BCUT2D eigenvalue weighted by atomic mass is 10.0. The number of unbranched alkanes of at least 4 members (excludes halogenated alkanes) is 57. The monoisotopic (exact) mass is 1140 g/mol. The van der Waals surface area contributed by atoms with Crippen LogP contribution < -0.4 is 5.32 Å². The molecule has 2 atom stereocenters. The molecule has 0 aromatic heterocycles. The van der Waals surface area contributed by atoms with E-state index in [1.807, 2.05) is 6.08 Å². The van der Waals surface area contributed by atoms with Gasteiger partial charge in [0.05, 0.1) is 25.4 Å². The third kappa shape index (κ3) is 67.3. The first kappa shape index (κ1) is 79.3. The highest BCUT2D eigenvalue weighted by Gasteiger charge is 2.18. The first-order chi connectivity index (χ1) is 40.0. The van der Waals surface area contributed by atoms with Crippen molar-refractivity contribution in [2.45, 2.75) is 431 Å². The van der Waals surface area contributed by atoms with Gasteiger partial charge in [-0.25, -0.2) is 0 Å². The van der Waals surface area contributed by atoms with Crippen LogP contribution in [0.2, 0.25) is 0 Å². The molecule has 0 rings (SSSR count). The van der Waals surface area contributed by atoms with E-state index >= 15 is 0 Å². The molecule has 0 spiro atoms. The Morgan fingerprint density at radius 1 is 0.333 bits per heavy atom. The van der Waals surface area contributed by atoms with Crippen molar-refractivity contribution in [2.24, 2.45) is 0 Å². The summed E-state index contributed by atoms with van der Waals surface area (Å²) in [4.78, 5) is 24.6. The Labute approximate surface area is 507 Å². The minimum absolute atomic E-state index is 0.0188. The molecule has 0 aliphatic carbocycles. The Morgan fingerprint density at radius 3 is 0.877 bits per heavy atom. The van der Waals surface area contributed by atoms with Crippen molar-refractivity contribution in [1.29, 1.82) is 0 Å². The highest BCUT2D eigenvalue weighted by Crippen LogP contribution is 2.19. The molecular weight excluding hydrogens is 995 g/mol. The predicted molar refractivity (Wildman–Crippen MR) is 356 cm³/mol. The molecule has 0 radical (unpaired) electrons. The van der Waals surface area contributed by atoms with Crippen molar-refractivity contribution in [3.8, 4) is 0 Å². The van der Waals surface area contributed by atoms with Gasteiger partial charge in [-0.05, 0) is 57.8 Å². The molecule has 3 N–H and O–H groups in total. The second-order valence-electron chi connectivity index (χ2n) is 25.6. The number of hydrogen-bond acceptors (Lipinski definition) is 5. The first-order valence-corrected chi connectivity index (χ1v) is 37.1. The van der Waals surface area contributed by atoms with E-state index in [9.17, 15) is 19.8 Å². The summed E-state index contributed by atoms with van der Waals surface area (Å²) in [5.41, 5.74) is 0. The number of allylic oxidation sites excluding steroid dienone is 3. The van der Waals surface area contributed by atoms with Crippen LogP contribution in [0.4, 0.5) is 0 Å². The molecule has 0 heterocycles. The van der Waals surface area contributed by atoms with Gasteiger partial charge < -0.3 is 20.3 Å². The highest BCUT2D eigenvalue weighted by molar-refractivity contribution is 5.76. The van der Waals surface area contributed by atoms with Crippen molar-refractivity contribution in [1.82, 2.24) is 5.32 Å². The topological polar surface area (TPSA) is 95.9 Å². The number of aliphatic hydroxyl groups is 2. The van der Waals surface area contributed by atoms with Gasteiger partial charge in [-0.2, -0.15) is 0 Å². The summed E-state index contributed by atoms with van der Waals surface area (Å²) in [5.74, 6) is -0.0420. The fourth-order valence-electron chi connectivity index (χ4n) is 11.8. The van der Waals surface area contributed by atoms with Crippen LogP contribution in [0.1, 0.15) is 418 Å². The van der Waals surface area contributed by atoms with E-state index in [1.54, 1.807) is 6.08 Å². The Bertz CT molecular complexity index is 1270. The van der Waals surface area contributed by atoms with Gasteiger partial charge in [0.15, 0.2) is 0 Å². The summed E-state index contributed by atoms with van der Waals surface area (Å²) < 4.78 is 5.51. The number of rotatable bonds is 70. The average molecular weight is 1140 g/mol. The molecule has 0 aromatic carbocycles. The van der Waals surface area contributed by atoms with Crippen molar-refractivity contribution in [3.63, 3.8) is 0 Å². The Morgan fingerprint density at radius 2 is 0.580 bits per heavy atom. The summed E-state index contributed by atoms with van der Waals surface area (Å²) >= 11 is 0. The minimum Gasteiger partial charge on any atom is -0.466 e. The van der Waals surface area contributed by atoms with Gasteiger partial charge in [-0.1, -0.05) is 372 Å². The summed E-state index contributed by atoms with van der Waals surface area (Å²) in [6.45, 7) is 4.93. The molecular formula is C75H145NO5. The second-order valence-corrected chi connectivity index (χ2v) is 25.6. The van der Waals surface area contributed by atoms with Crippen LogP contribution in [0, 0.1) is 0 Å². The number of nitrogens with one attached hydrogen (secondary N) is 1. The van der Waals surface area contributed by atoms with Gasteiger partial charge in [-0.3, -0.25) is 9.59 Å².